The minimum Gasteiger partial charge on any atom is -0.495 e. The summed E-state index contributed by atoms with van der Waals surface area (Å²) >= 11 is 6.03. The molecular formula is C12H17ClN2O2. The monoisotopic (exact) mass is 256 g/mol. The Kier molecular flexibility index (Phi) is 5.25. The summed E-state index contributed by atoms with van der Waals surface area (Å²) in [7, 11) is 3.31. The van der Waals surface area contributed by atoms with Gasteiger partial charge in [-0.05, 0) is 37.2 Å². The van der Waals surface area contributed by atoms with Gasteiger partial charge >= 0.3 is 0 Å². The van der Waals surface area contributed by atoms with Crippen molar-refractivity contribution in [3.05, 3.63) is 28.3 Å². The minimum atomic E-state index is -0.0427. The number of carbonyl (C=O) groups is 1. The maximum Gasteiger partial charge on any atom is 0.234 e. The molecule has 0 aromatic heterocycles. The van der Waals surface area contributed by atoms with Gasteiger partial charge in [0, 0.05) is 6.54 Å². The standard InChI is InChI=1S/C12H17ClN2O2/c1-8-4-11(17-3)10(13)5-9(8)6-15-12(16)7-14-2/h4-5,14H,6-7H2,1-3H3,(H,15,16). The minimum absolute atomic E-state index is 0.0427. The van der Waals surface area contributed by atoms with E-state index in [0.29, 0.717) is 23.9 Å². The molecule has 94 valence electrons. The molecule has 0 heterocycles. The lowest BCUT2D eigenvalue weighted by Gasteiger charge is -2.11. The van der Waals surface area contributed by atoms with E-state index in [4.69, 9.17) is 16.3 Å². The van der Waals surface area contributed by atoms with Crippen LogP contribution >= 0.6 is 11.6 Å². The van der Waals surface area contributed by atoms with E-state index in [9.17, 15) is 4.79 Å². The van der Waals surface area contributed by atoms with Crippen LogP contribution in [0, 0.1) is 6.92 Å². The zero-order chi connectivity index (χ0) is 12.8. The zero-order valence-electron chi connectivity index (χ0n) is 10.3. The summed E-state index contributed by atoms with van der Waals surface area (Å²) in [5, 5.41) is 6.15. The SMILES string of the molecule is CNCC(=O)NCc1cc(Cl)c(OC)cc1C. The van der Waals surface area contributed by atoms with Gasteiger partial charge in [0.25, 0.3) is 0 Å². The fourth-order valence-corrected chi connectivity index (χ4v) is 1.72. The van der Waals surface area contributed by atoms with Gasteiger partial charge in [0.2, 0.25) is 5.91 Å². The van der Waals surface area contributed by atoms with Crippen LogP contribution in [0.4, 0.5) is 0 Å². The molecule has 0 atom stereocenters. The van der Waals surface area contributed by atoms with Crippen LogP contribution in [0.15, 0.2) is 12.1 Å². The highest BCUT2D eigenvalue weighted by Gasteiger charge is 2.07. The van der Waals surface area contributed by atoms with Gasteiger partial charge in [-0.15, -0.1) is 0 Å². The molecule has 0 saturated heterocycles. The molecule has 0 unspecified atom stereocenters. The van der Waals surface area contributed by atoms with E-state index in [-0.39, 0.29) is 5.91 Å². The Morgan fingerprint density at radius 2 is 2.18 bits per heavy atom. The quantitative estimate of drug-likeness (QED) is 0.839. The van der Waals surface area contributed by atoms with Crippen LogP contribution in [-0.4, -0.2) is 26.6 Å². The summed E-state index contributed by atoms with van der Waals surface area (Å²) in [6, 6.07) is 3.68. The van der Waals surface area contributed by atoms with Crippen molar-refractivity contribution >= 4 is 17.5 Å². The molecular weight excluding hydrogens is 240 g/mol. The van der Waals surface area contributed by atoms with Gasteiger partial charge in [-0.2, -0.15) is 0 Å². The highest BCUT2D eigenvalue weighted by molar-refractivity contribution is 6.32. The second-order valence-corrected chi connectivity index (χ2v) is 4.13. The number of hydrogen-bond donors (Lipinski definition) is 2. The Hall–Kier alpha value is -1.26. The predicted octanol–water partition coefficient (Wildman–Crippen LogP) is 1.49. The first kappa shape index (κ1) is 13.8. The van der Waals surface area contributed by atoms with Gasteiger partial charge in [-0.25, -0.2) is 0 Å². The molecule has 4 nitrogen and oxygen atoms in total. The largest absolute Gasteiger partial charge is 0.495 e. The number of ether oxygens (including phenoxy) is 1. The van der Waals surface area contributed by atoms with Gasteiger partial charge < -0.3 is 15.4 Å². The number of hydrogen-bond acceptors (Lipinski definition) is 3. The molecule has 1 aromatic rings. The highest BCUT2D eigenvalue weighted by Crippen LogP contribution is 2.27. The fraction of sp³-hybridized carbons (Fsp3) is 0.417. The summed E-state index contributed by atoms with van der Waals surface area (Å²) in [5.74, 6) is 0.605. The molecule has 0 aliphatic heterocycles. The Morgan fingerprint density at radius 3 is 2.76 bits per heavy atom. The average Bonchev–Trinajstić information content (AvgIpc) is 2.30. The first-order chi connectivity index (χ1) is 8.08. The van der Waals surface area contributed by atoms with Crippen molar-refractivity contribution in [2.45, 2.75) is 13.5 Å². The molecule has 0 aliphatic rings. The normalized spacial score (nSPS) is 10.1. The van der Waals surface area contributed by atoms with E-state index in [1.165, 1.54) is 0 Å². The summed E-state index contributed by atoms with van der Waals surface area (Å²) in [4.78, 5) is 11.3. The van der Waals surface area contributed by atoms with Crippen LogP contribution in [0.5, 0.6) is 5.75 Å². The van der Waals surface area contributed by atoms with Gasteiger partial charge in [0.1, 0.15) is 5.75 Å². The van der Waals surface area contributed by atoms with E-state index in [0.717, 1.165) is 11.1 Å². The summed E-state index contributed by atoms with van der Waals surface area (Å²) in [6.07, 6.45) is 0. The third-order valence-corrected chi connectivity index (χ3v) is 2.72. The second-order valence-electron chi connectivity index (χ2n) is 3.72. The lowest BCUT2D eigenvalue weighted by molar-refractivity contribution is -0.120. The maximum atomic E-state index is 11.3. The molecule has 0 fully saturated rings. The number of methoxy groups -OCH3 is 1. The number of carbonyl (C=O) groups excluding carboxylic acids is 1. The average molecular weight is 257 g/mol. The first-order valence-corrected chi connectivity index (χ1v) is 5.70. The molecule has 2 N–H and O–H groups in total. The summed E-state index contributed by atoms with van der Waals surface area (Å²) < 4.78 is 5.12. The number of halogens is 1. The highest BCUT2D eigenvalue weighted by atomic mass is 35.5. The van der Waals surface area contributed by atoms with Crippen molar-refractivity contribution in [2.75, 3.05) is 20.7 Å². The van der Waals surface area contributed by atoms with E-state index in [1.54, 1.807) is 14.2 Å². The number of nitrogens with one attached hydrogen (secondary N) is 2. The van der Waals surface area contributed by atoms with Crippen LogP contribution in [-0.2, 0) is 11.3 Å². The molecule has 1 amide bonds. The molecule has 5 heteroatoms. The fourth-order valence-electron chi connectivity index (χ4n) is 1.46. The predicted molar refractivity (Wildman–Crippen MR) is 68.5 cm³/mol. The smallest absolute Gasteiger partial charge is 0.234 e. The number of rotatable bonds is 5. The molecule has 0 radical (unpaired) electrons. The second kappa shape index (κ2) is 6.47. The molecule has 1 aromatic carbocycles. The summed E-state index contributed by atoms with van der Waals surface area (Å²) in [6.45, 7) is 2.73. The van der Waals surface area contributed by atoms with Crippen molar-refractivity contribution in [1.29, 1.82) is 0 Å². The van der Waals surface area contributed by atoms with Crippen molar-refractivity contribution in [2.24, 2.45) is 0 Å². The Balaban J connectivity index is 2.72. The third kappa shape index (κ3) is 3.91. The molecule has 0 aliphatic carbocycles. The van der Waals surface area contributed by atoms with Crippen LogP contribution < -0.4 is 15.4 Å². The number of amides is 1. The van der Waals surface area contributed by atoms with Gasteiger partial charge in [0.15, 0.2) is 0 Å². The van der Waals surface area contributed by atoms with E-state index < -0.39 is 0 Å². The van der Waals surface area contributed by atoms with E-state index >= 15 is 0 Å². The maximum absolute atomic E-state index is 11.3. The Morgan fingerprint density at radius 1 is 1.47 bits per heavy atom. The Bertz CT molecular complexity index is 408. The van der Waals surface area contributed by atoms with Gasteiger partial charge in [-0.1, -0.05) is 11.6 Å². The molecule has 0 bridgehead atoms. The topological polar surface area (TPSA) is 50.4 Å². The van der Waals surface area contributed by atoms with Crippen LogP contribution in [0.25, 0.3) is 0 Å². The lowest BCUT2D eigenvalue weighted by Crippen LogP contribution is -2.31. The van der Waals surface area contributed by atoms with Crippen LogP contribution in [0.3, 0.4) is 0 Å². The number of aryl methyl sites for hydroxylation is 1. The van der Waals surface area contributed by atoms with Gasteiger partial charge in [-0.3, -0.25) is 4.79 Å². The molecule has 1 rings (SSSR count). The van der Waals surface area contributed by atoms with E-state index in [1.807, 2.05) is 19.1 Å². The van der Waals surface area contributed by atoms with Crippen molar-refractivity contribution < 1.29 is 9.53 Å². The number of likely N-dealkylation sites (N-methyl/N-ethyl adjacent to an activating group) is 1. The van der Waals surface area contributed by atoms with Crippen molar-refractivity contribution in [1.82, 2.24) is 10.6 Å². The van der Waals surface area contributed by atoms with Crippen molar-refractivity contribution in [3.63, 3.8) is 0 Å². The van der Waals surface area contributed by atoms with Crippen molar-refractivity contribution in [3.8, 4) is 5.75 Å². The van der Waals surface area contributed by atoms with E-state index in [2.05, 4.69) is 10.6 Å². The van der Waals surface area contributed by atoms with Gasteiger partial charge in [0.05, 0.1) is 18.7 Å². The number of benzene rings is 1. The summed E-state index contributed by atoms with van der Waals surface area (Å²) in [5.41, 5.74) is 2.02. The Labute approximate surface area is 106 Å². The lowest BCUT2D eigenvalue weighted by atomic mass is 10.1. The molecule has 0 spiro atoms. The van der Waals surface area contributed by atoms with Crippen LogP contribution in [0.2, 0.25) is 5.02 Å². The molecule has 0 saturated carbocycles. The zero-order valence-corrected chi connectivity index (χ0v) is 11.0. The third-order valence-electron chi connectivity index (χ3n) is 2.42. The van der Waals surface area contributed by atoms with Crippen LogP contribution in [0.1, 0.15) is 11.1 Å². The molecule has 17 heavy (non-hydrogen) atoms. The first-order valence-electron chi connectivity index (χ1n) is 5.32.